The van der Waals surface area contributed by atoms with Crippen LogP contribution in [0.15, 0.2) is 24.3 Å². The molecule has 0 radical (unpaired) electrons. The van der Waals surface area contributed by atoms with Crippen molar-refractivity contribution in [3.8, 4) is 0 Å². The van der Waals surface area contributed by atoms with Gasteiger partial charge in [0.2, 0.25) is 17.7 Å². The van der Waals surface area contributed by atoms with E-state index in [0.29, 0.717) is 24.1 Å². The molecule has 1 saturated carbocycles. The number of rotatable bonds is 6. The van der Waals surface area contributed by atoms with Crippen molar-refractivity contribution in [2.24, 2.45) is 11.8 Å². The van der Waals surface area contributed by atoms with Gasteiger partial charge in [0.1, 0.15) is 6.54 Å². The number of amides is 3. The first-order valence-corrected chi connectivity index (χ1v) is 9.28. The van der Waals surface area contributed by atoms with E-state index in [1.165, 1.54) is 19.1 Å². The summed E-state index contributed by atoms with van der Waals surface area (Å²) in [7, 11) is 0. The minimum Gasteiger partial charge on any atom is -0.456 e. The number of esters is 1. The first kappa shape index (κ1) is 19.7. The molecule has 0 bridgehead atoms. The zero-order chi connectivity index (χ0) is 20.3. The Bertz CT molecular complexity index is 792. The minimum absolute atomic E-state index is 0.223. The van der Waals surface area contributed by atoms with E-state index >= 15 is 0 Å². The van der Waals surface area contributed by atoms with E-state index in [-0.39, 0.29) is 29.6 Å². The second-order valence-corrected chi connectivity index (χ2v) is 7.10. The standard InChI is InChI=1S/C20H22N2O6/c1-12(23)21-14-8-6-13(7-9-14)17(24)11-28-18(25)10-22-19(26)15-4-2-3-5-16(15)20(22)27/h6-9,15-16H,2-5,10-11H2,1H3,(H,21,23)/t15-,16+. The molecule has 2 atom stereocenters. The molecule has 3 amide bonds. The van der Waals surface area contributed by atoms with Gasteiger partial charge in [-0.25, -0.2) is 0 Å². The van der Waals surface area contributed by atoms with E-state index in [0.717, 1.165) is 17.7 Å². The van der Waals surface area contributed by atoms with Gasteiger partial charge in [-0.3, -0.25) is 28.9 Å². The highest BCUT2D eigenvalue weighted by Crippen LogP contribution is 2.37. The molecule has 8 heteroatoms. The van der Waals surface area contributed by atoms with Crippen molar-refractivity contribution in [3.63, 3.8) is 0 Å². The lowest BCUT2D eigenvalue weighted by molar-refractivity contribution is -0.152. The van der Waals surface area contributed by atoms with Crippen LogP contribution in [0.5, 0.6) is 0 Å². The Morgan fingerprint density at radius 3 is 2.14 bits per heavy atom. The molecule has 28 heavy (non-hydrogen) atoms. The van der Waals surface area contributed by atoms with Gasteiger partial charge in [-0.15, -0.1) is 0 Å². The Labute approximate surface area is 162 Å². The summed E-state index contributed by atoms with van der Waals surface area (Å²) in [6, 6.07) is 6.17. The Hall–Kier alpha value is -3.03. The fourth-order valence-corrected chi connectivity index (χ4v) is 3.73. The summed E-state index contributed by atoms with van der Waals surface area (Å²) in [5, 5.41) is 2.59. The van der Waals surface area contributed by atoms with Crippen LogP contribution in [0, 0.1) is 11.8 Å². The number of imide groups is 1. The zero-order valence-electron chi connectivity index (χ0n) is 15.6. The first-order chi connectivity index (χ1) is 13.4. The smallest absolute Gasteiger partial charge is 0.326 e. The normalized spacial score (nSPS) is 21.2. The Morgan fingerprint density at radius 2 is 1.61 bits per heavy atom. The van der Waals surface area contributed by atoms with Crippen molar-refractivity contribution < 1.29 is 28.7 Å². The van der Waals surface area contributed by atoms with E-state index in [2.05, 4.69) is 5.32 Å². The molecule has 2 aliphatic rings. The van der Waals surface area contributed by atoms with E-state index < -0.39 is 24.9 Å². The summed E-state index contributed by atoms with van der Waals surface area (Å²) < 4.78 is 4.96. The summed E-state index contributed by atoms with van der Waals surface area (Å²) in [6.45, 7) is 0.435. The maximum atomic E-state index is 12.4. The van der Waals surface area contributed by atoms with Crippen LogP contribution in [-0.4, -0.2) is 47.5 Å². The molecule has 8 nitrogen and oxygen atoms in total. The molecule has 148 valence electrons. The highest BCUT2D eigenvalue weighted by molar-refractivity contribution is 6.07. The molecule has 1 aliphatic heterocycles. The van der Waals surface area contributed by atoms with Crippen LogP contribution in [0.3, 0.4) is 0 Å². The molecule has 0 aromatic heterocycles. The van der Waals surface area contributed by atoms with Gasteiger partial charge in [-0.05, 0) is 37.1 Å². The molecular formula is C20H22N2O6. The molecule has 1 saturated heterocycles. The zero-order valence-corrected chi connectivity index (χ0v) is 15.6. The molecule has 1 aromatic carbocycles. The number of carbonyl (C=O) groups excluding carboxylic acids is 5. The molecule has 1 aromatic rings. The van der Waals surface area contributed by atoms with E-state index in [9.17, 15) is 24.0 Å². The number of carbonyl (C=O) groups is 5. The Balaban J connectivity index is 1.51. The number of anilines is 1. The molecule has 3 rings (SSSR count). The summed E-state index contributed by atoms with van der Waals surface area (Å²) >= 11 is 0. The predicted octanol–water partition coefficient (Wildman–Crippen LogP) is 1.55. The Morgan fingerprint density at radius 1 is 1.04 bits per heavy atom. The molecule has 0 spiro atoms. The molecule has 1 N–H and O–H groups in total. The van der Waals surface area contributed by atoms with Gasteiger partial charge < -0.3 is 10.1 Å². The highest BCUT2D eigenvalue weighted by atomic mass is 16.5. The number of likely N-dealkylation sites (tertiary alicyclic amines) is 1. The van der Waals surface area contributed by atoms with Gasteiger partial charge in [0, 0.05) is 18.2 Å². The van der Waals surface area contributed by atoms with Crippen molar-refractivity contribution in [3.05, 3.63) is 29.8 Å². The quantitative estimate of drug-likeness (QED) is 0.451. The monoisotopic (exact) mass is 386 g/mol. The van der Waals surface area contributed by atoms with Gasteiger partial charge in [0.25, 0.3) is 0 Å². The third kappa shape index (κ3) is 4.27. The minimum atomic E-state index is -0.788. The van der Waals surface area contributed by atoms with Gasteiger partial charge in [-0.1, -0.05) is 12.8 Å². The molecule has 2 fully saturated rings. The fourth-order valence-electron chi connectivity index (χ4n) is 3.73. The van der Waals surface area contributed by atoms with Crippen molar-refractivity contribution in [2.75, 3.05) is 18.5 Å². The number of nitrogens with one attached hydrogen (secondary N) is 1. The lowest BCUT2D eigenvalue weighted by Gasteiger charge is -2.19. The topological polar surface area (TPSA) is 110 Å². The number of ether oxygens (including phenoxy) is 1. The molecule has 0 unspecified atom stereocenters. The number of fused-ring (bicyclic) bond motifs is 1. The highest BCUT2D eigenvalue weighted by Gasteiger charge is 2.48. The van der Waals surface area contributed by atoms with Crippen LogP contribution >= 0.6 is 0 Å². The molecular weight excluding hydrogens is 364 g/mol. The lowest BCUT2D eigenvalue weighted by atomic mass is 9.81. The number of hydrogen-bond acceptors (Lipinski definition) is 6. The number of hydrogen-bond donors (Lipinski definition) is 1. The van der Waals surface area contributed by atoms with E-state index in [4.69, 9.17) is 4.74 Å². The van der Waals surface area contributed by atoms with Gasteiger partial charge in [-0.2, -0.15) is 0 Å². The SMILES string of the molecule is CC(=O)Nc1ccc(C(=O)COC(=O)CN2C(=O)[C@H]3CCCC[C@H]3C2=O)cc1. The first-order valence-electron chi connectivity index (χ1n) is 9.28. The fraction of sp³-hybridized carbons (Fsp3) is 0.450. The summed E-state index contributed by atoms with van der Waals surface area (Å²) in [4.78, 5) is 60.8. The largest absolute Gasteiger partial charge is 0.456 e. The van der Waals surface area contributed by atoms with Crippen LogP contribution < -0.4 is 5.32 Å². The van der Waals surface area contributed by atoms with Crippen LogP contribution in [0.25, 0.3) is 0 Å². The van der Waals surface area contributed by atoms with E-state index in [1.807, 2.05) is 0 Å². The predicted molar refractivity (Wildman–Crippen MR) is 98.2 cm³/mol. The number of benzene rings is 1. The van der Waals surface area contributed by atoms with Crippen molar-refractivity contribution in [1.29, 1.82) is 0 Å². The molecule has 1 heterocycles. The summed E-state index contributed by atoms with van der Waals surface area (Å²) in [5.74, 6) is -2.70. The van der Waals surface area contributed by atoms with Gasteiger partial charge >= 0.3 is 5.97 Å². The van der Waals surface area contributed by atoms with Crippen molar-refractivity contribution in [1.82, 2.24) is 4.90 Å². The van der Waals surface area contributed by atoms with Gasteiger partial charge in [0.15, 0.2) is 12.4 Å². The van der Waals surface area contributed by atoms with Crippen LogP contribution in [0.2, 0.25) is 0 Å². The second kappa shape index (κ2) is 8.33. The Kier molecular flexibility index (Phi) is 5.87. The summed E-state index contributed by atoms with van der Waals surface area (Å²) in [6.07, 6.45) is 3.17. The molecule has 1 aliphatic carbocycles. The summed E-state index contributed by atoms with van der Waals surface area (Å²) in [5.41, 5.74) is 0.870. The van der Waals surface area contributed by atoms with Crippen LogP contribution in [0.4, 0.5) is 5.69 Å². The number of nitrogens with zero attached hydrogens (tertiary/aromatic N) is 1. The van der Waals surface area contributed by atoms with Crippen LogP contribution in [-0.2, 0) is 23.9 Å². The third-order valence-electron chi connectivity index (χ3n) is 5.11. The second-order valence-electron chi connectivity index (χ2n) is 7.10. The van der Waals surface area contributed by atoms with Crippen LogP contribution in [0.1, 0.15) is 43.0 Å². The average Bonchev–Trinajstić information content (AvgIpc) is 2.91. The van der Waals surface area contributed by atoms with Gasteiger partial charge in [0.05, 0.1) is 11.8 Å². The maximum absolute atomic E-state index is 12.4. The lowest BCUT2D eigenvalue weighted by Crippen LogP contribution is -2.37. The number of Topliss-reactive ketones (excluding diaryl/α,β-unsaturated/α-hetero) is 1. The third-order valence-corrected chi connectivity index (χ3v) is 5.11. The number of ketones is 1. The maximum Gasteiger partial charge on any atom is 0.326 e. The van der Waals surface area contributed by atoms with Crippen molar-refractivity contribution >= 4 is 35.2 Å². The van der Waals surface area contributed by atoms with E-state index in [1.54, 1.807) is 12.1 Å². The van der Waals surface area contributed by atoms with Crippen molar-refractivity contribution in [2.45, 2.75) is 32.6 Å². The average molecular weight is 386 g/mol.